The van der Waals surface area contributed by atoms with Crippen LogP contribution in [0.15, 0.2) is 12.2 Å². The SMILES string of the molecule is CC=CCN1CCCC1C1CCCC1=O. The summed E-state index contributed by atoms with van der Waals surface area (Å²) in [5.41, 5.74) is 0. The summed E-state index contributed by atoms with van der Waals surface area (Å²) in [6.07, 6.45) is 9.90. The lowest BCUT2D eigenvalue weighted by Gasteiger charge is -2.27. The molecule has 2 rings (SSSR count). The van der Waals surface area contributed by atoms with Gasteiger partial charge in [-0.25, -0.2) is 0 Å². The molecule has 0 N–H and O–H groups in total. The standard InChI is InChI=1S/C13H21NO/c1-2-3-9-14-10-5-7-12(14)11-6-4-8-13(11)15/h2-3,11-12H,4-10H2,1H3. The van der Waals surface area contributed by atoms with Gasteiger partial charge in [0, 0.05) is 24.9 Å². The maximum Gasteiger partial charge on any atom is 0.137 e. The molecule has 1 aliphatic heterocycles. The minimum absolute atomic E-state index is 0.359. The number of carbonyl (C=O) groups excluding carboxylic acids is 1. The Balaban J connectivity index is 1.97. The van der Waals surface area contributed by atoms with Crippen LogP contribution in [0.25, 0.3) is 0 Å². The zero-order valence-corrected chi connectivity index (χ0v) is 9.61. The molecule has 0 aromatic rings. The molecule has 0 aromatic heterocycles. The lowest BCUT2D eigenvalue weighted by Crippen LogP contribution is -2.37. The molecule has 15 heavy (non-hydrogen) atoms. The normalized spacial score (nSPS) is 33.3. The molecule has 0 spiro atoms. The Hall–Kier alpha value is -0.630. The lowest BCUT2D eigenvalue weighted by atomic mass is 9.95. The zero-order chi connectivity index (χ0) is 10.7. The van der Waals surface area contributed by atoms with E-state index in [1.807, 2.05) is 0 Å². The highest BCUT2D eigenvalue weighted by atomic mass is 16.1. The lowest BCUT2D eigenvalue weighted by molar-refractivity contribution is -0.122. The maximum atomic E-state index is 11.7. The predicted molar refractivity (Wildman–Crippen MR) is 61.8 cm³/mol. The second-order valence-electron chi connectivity index (χ2n) is 4.74. The van der Waals surface area contributed by atoms with Crippen LogP contribution in [-0.4, -0.2) is 29.8 Å². The second kappa shape index (κ2) is 4.93. The van der Waals surface area contributed by atoms with Crippen LogP contribution in [0.4, 0.5) is 0 Å². The van der Waals surface area contributed by atoms with Gasteiger partial charge in [-0.15, -0.1) is 0 Å². The van der Waals surface area contributed by atoms with Crippen molar-refractivity contribution < 1.29 is 4.79 Å². The summed E-state index contributed by atoms with van der Waals surface area (Å²) in [6.45, 7) is 4.27. The summed E-state index contributed by atoms with van der Waals surface area (Å²) >= 11 is 0. The summed E-state index contributed by atoms with van der Waals surface area (Å²) in [5, 5.41) is 0. The van der Waals surface area contributed by atoms with Gasteiger partial charge in [0.15, 0.2) is 0 Å². The minimum atomic E-state index is 0.359. The van der Waals surface area contributed by atoms with E-state index in [-0.39, 0.29) is 0 Å². The number of carbonyl (C=O) groups is 1. The van der Waals surface area contributed by atoms with Gasteiger partial charge < -0.3 is 0 Å². The van der Waals surface area contributed by atoms with Gasteiger partial charge >= 0.3 is 0 Å². The number of likely N-dealkylation sites (tertiary alicyclic amines) is 1. The zero-order valence-electron chi connectivity index (χ0n) is 9.61. The number of Topliss-reactive ketones (excluding diaryl/α,β-unsaturated/α-hetero) is 1. The van der Waals surface area contributed by atoms with Crippen molar-refractivity contribution in [3.05, 3.63) is 12.2 Å². The van der Waals surface area contributed by atoms with Crippen molar-refractivity contribution in [2.75, 3.05) is 13.1 Å². The van der Waals surface area contributed by atoms with Crippen molar-refractivity contribution in [3.63, 3.8) is 0 Å². The molecule has 0 aromatic carbocycles. The third-order valence-electron chi connectivity index (χ3n) is 3.81. The molecule has 0 radical (unpaired) electrons. The molecular formula is C13H21NO. The van der Waals surface area contributed by atoms with Gasteiger partial charge in [-0.3, -0.25) is 9.69 Å². The Kier molecular flexibility index (Phi) is 3.57. The van der Waals surface area contributed by atoms with E-state index in [1.54, 1.807) is 0 Å². The van der Waals surface area contributed by atoms with Gasteiger partial charge in [0.25, 0.3) is 0 Å². The van der Waals surface area contributed by atoms with Gasteiger partial charge in [0.05, 0.1) is 0 Å². The maximum absolute atomic E-state index is 11.7. The quantitative estimate of drug-likeness (QED) is 0.662. The largest absolute Gasteiger partial charge is 0.299 e. The van der Waals surface area contributed by atoms with Crippen molar-refractivity contribution in [2.24, 2.45) is 5.92 Å². The fourth-order valence-electron chi connectivity index (χ4n) is 3.02. The third kappa shape index (κ3) is 2.31. The number of nitrogens with zero attached hydrogens (tertiary/aromatic N) is 1. The molecule has 1 heterocycles. The van der Waals surface area contributed by atoms with Gasteiger partial charge in [-0.05, 0) is 39.2 Å². The number of hydrogen-bond acceptors (Lipinski definition) is 2. The Labute approximate surface area is 92.3 Å². The fraction of sp³-hybridized carbons (Fsp3) is 0.769. The molecule has 2 fully saturated rings. The number of allylic oxidation sites excluding steroid dienone is 1. The summed E-state index contributed by atoms with van der Waals surface area (Å²) in [5.74, 6) is 0.880. The van der Waals surface area contributed by atoms with Crippen molar-refractivity contribution in [2.45, 2.75) is 45.1 Å². The summed E-state index contributed by atoms with van der Waals surface area (Å²) in [4.78, 5) is 14.2. The van der Waals surface area contributed by atoms with Gasteiger partial charge in [-0.2, -0.15) is 0 Å². The van der Waals surface area contributed by atoms with Crippen LogP contribution in [0.3, 0.4) is 0 Å². The van der Waals surface area contributed by atoms with Crippen LogP contribution >= 0.6 is 0 Å². The van der Waals surface area contributed by atoms with Crippen molar-refractivity contribution in [1.82, 2.24) is 4.90 Å². The first kappa shape index (κ1) is 10.9. The van der Waals surface area contributed by atoms with E-state index in [1.165, 1.54) is 19.4 Å². The average molecular weight is 207 g/mol. The summed E-state index contributed by atoms with van der Waals surface area (Å²) in [7, 11) is 0. The van der Waals surface area contributed by atoms with Crippen LogP contribution in [0, 0.1) is 5.92 Å². The van der Waals surface area contributed by atoms with E-state index >= 15 is 0 Å². The molecule has 2 nitrogen and oxygen atoms in total. The fourth-order valence-corrected chi connectivity index (χ4v) is 3.02. The molecule has 2 heteroatoms. The molecule has 2 aliphatic rings. The number of ketones is 1. The van der Waals surface area contributed by atoms with Crippen LogP contribution in [-0.2, 0) is 4.79 Å². The van der Waals surface area contributed by atoms with E-state index in [0.717, 1.165) is 25.8 Å². The summed E-state index contributed by atoms with van der Waals surface area (Å²) < 4.78 is 0. The van der Waals surface area contributed by atoms with Gasteiger partial charge in [0.1, 0.15) is 5.78 Å². The Morgan fingerprint density at radius 2 is 2.27 bits per heavy atom. The average Bonchev–Trinajstić information content (AvgIpc) is 2.82. The Morgan fingerprint density at radius 1 is 1.40 bits per heavy atom. The van der Waals surface area contributed by atoms with E-state index in [0.29, 0.717) is 17.7 Å². The van der Waals surface area contributed by atoms with Crippen LogP contribution < -0.4 is 0 Å². The highest BCUT2D eigenvalue weighted by molar-refractivity contribution is 5.83. The van der Waals surface area contributed by atoms with Crippen molar-refractivity contribution in [1.29, 1.82) is 0 Å². The van der Waals surface area contributed by atoms with E-state index in [9.17, 15) is 4.79 Å². The van der Waals surface area contributed by atoms with Gasteiger partial charge in [-0.1, -0.05) is 12.2 Å². The molecule has 1 aliphatic carbocycles. The molecule has 1 saturated heterocycles. The smallest absolute Gasteiger partial charge is 0.137 e. The molecule has 2 unspecified atom stereocenters. The Bertz CT molecular complexity index is 259. The molecular weight excluding hydrogens is 186 g/mol. The second-order valence-corrected chi connectivity index (χ2v) is 4.74. The van der Waals surface area contributed by atoms with E-state index in [2.05, 4.69) is 24.0 Å². The molecule has 1 saturated carbocycles. The van der Waals surface area contributed by atoms with Crippen LogP contribution in [0.2, 0.25) is 0 Å². The van der Waals surface area contributed by atoms with Crippen LogP contribution in [0.1, 0.15) is 39.0 Å². The number of hydrogen-bond donors (Lipinski definition) is 0. The molecule has 0 amide bonds. The third-order valence-corrected chi connectivity index (χ3v) is 3.81. The first-order valence-electron chi connectivity index (χ1n) is 6.21. The van der Waals surface area contributed by atoms with Crippen molar-refractivity contribution in [3.8, 4) is 0 Å². The van der Waals surface area contributed by atoms with E-state index < -0.39 is 0 Å². The van der Waals surface area contributed by atoms with E-state index in [4.69, 9.17) is 0 Å². The topological polar surface area (TPSA) is 20.3 Å². The molecule has 0 bridgehead atoms. The van der Waals surface area contributed by atoms with Gasteiger partial charge in [0.2, 0.25) is 0 Å². The minimum Gasteiger partial charge on any atom is -0.299 e. The monoisotopic (exact) mass is 207 g/mol. The molecule has 84 valence electrons. The molecule has 2 atom stereocenters. The van der Waals surface area contributed by atoms with Crippen molar-refractivity contribution >= 4 is 5.78 Å². The first-order valence-corrected chi connectivity index (χ1v) is 6.21. The number of rotatable bonds is 3. The highest BCUT2D eigenvalue weighted by Crippen LogP contribution is 2.32. The highest BCUT2D eigenvalue weighted by Gasteiger charge is 2.37. The summed E-state index contributed by atoms with van der Waals surface area (Å²) in [6, 6.07) is 0.552. The van der Waals surface area contributed by atoms with Crippen LogP contribution in [0.5, 0.6) is 0 Å². The Morgan fingerprint density at radius 3 is 2.93 bits per heavy atom. The first-order chi connectivity index (χ1) is 7.33. The predicted octanol–water partition coefficient (Wildman–Crippen LogP) is 2.40.